The smallest absolute Gasteiger partial charge is 0.339 e. The van der Waals surface area contributed by atoms with Crippen LogP contribution in [-0.2, 0) is 23.0 Å². The Kier molecular flexibility index (Phi) is 5.65. The quantitative estimate of drug-likeness (QED) is 0.416. The zero-order valence-corrected chi connectivity index (χ0v) is 19.4. The Balaban J connectivity index is 1.38. The molecule has 0 saturated heterocycles. The Morgan fingerprint density at radius 2 is 2.06 bits per heavy atom. The summed E-state index contributed by atoms with van der Waals surface area (Å²) in [5, 5.41) is 5.00. The molecule has 1 amide bonds. The van der Waals surface area contributed by atoms with Crippen molar-refractivity contribution in [2.75, 3.05) is 13.7 Å². The first-order valence-electron chi connectivity index (χ1n) is 11.3. The summed E-state index contributed by atoms with van der Waals surface area (Å²) in [6.07, 6.45) is 4.47. The number of nitrogens with zero attached hydrogens (tertiary/aromatic N) is 4. The van der Waals surface area contributed by atoms with Crippen molar-refractivity contribution in [2.24, 2.45) is 7.05 Å². The highest BCUT2D eigenvalue weighted by Crippen LogP contribution is 2.33. The van der Waals surface area contributed by atoms with Crippen LogP contribution in [0.5, 0.6) is 0 Å². The molecule has 1 atom stereocenters. The van der Waals surface area contributed by atoms with Gasteiger partial charge in [0.25, 0.3) is 5.91 Å². The summed E-state index contributed by atoms with van der Waals surface area (Å²) in [5.74, 6) is -0.307. The minimum absolute atomic E-state index is 0.0186. The fourth-order valence-electron chi connectivity index (χ4n) is 4.77. The van der Waals surface area contributed by atoms with Gasteiger partial charge in [0.1, 0.15) is 5.69 Å². The van der Waals surface area contributed by atoms with Crippen LogP contribution in [0, 0.1) is 6.92 Å². The number of carbonyl (C=O) groups excluding carboxylic acids is 2. The number of aryl methyl sites for hydroxylation is 3. The van der Waals surface area contributed by atoms with E-state index in [1.807, 2.05) is 19.1 Å². The van der Waals surface area contributed by atoms with E-state index in [4.69, 9.17) is 9.15 Å². The molecule has 34 heavy (non-hydrogen) atoms. The molecule has 4 aromatic rings. The van der Waals surface area contributed by atoms with E-state index in [1.165, 1.54) is 11.1 Å². The van der Waals surface area contributed by atoms with Crippen LogP contribution in [-0.4, -0.2) is 45.2 Å². The zero-order chi connectivity index (χ0) is 23.8. The predicted octanol–water partition coefficient (Wildman–Crippen LogP) is 4.23. The molecule has 0 spiro atoms. The summed E-state index contributed by atoms with van der Waals surface area (Å²) in [6.45, 7) is 1.47. The van der Waals surface area contributed by atoms with E-state index in [0.717, 1.165) is 19.3 Å². The lowest BCUT2D eigenvalue weighted by molar-refractivity contribution is -0.135. The van der Waals surface area contributed by atoms with Gasteiger partial charge in [-0.2, -0.15) is 5.10 Å². The first kappa shape index (κ1) is 21.9. The number of carbonyl (C=O) groups is 2. The van der Waals surface area contributed by atoms with Crippen LogP contribution < -0.4 is 0 Å². The molecule has 0 unspecified atom stereocenters. The van der Waals surface area contributed by atoms with Crippen molar-refractivity contribution in [1.82, 2.24) is 19.7 Å². The molecule has 3 aromatic heterocycles. The Labute approximate surface area is 197 Å². The number of esters is 1. The summed E-state index contributed by atoms with van der Waals surface area (Å²) in [6, 6.07) is 13.3. The Bertz CT molecular complexity index is 1370. The third-order valence-corrected chi connectivity index (χ3v) is 6.49. The van der Waals surface area contributed by atoms with E-state index >= 15 is 0 Å². The van der Waals surface area contributed by atoms with Gasteiger partial charge in [0.05, 0.1) is 28.9 Å². The van der Waals surface area contributed by atoms with Crippen molar-refractivity contribution in [2.45, 2.75) is 32.2 Å². The minimum Gasteiger partial charge on any atom is -0.463 e. The fourth-order valence-corrected chi connectivity index (χ4v) is 4.77. The normalized spacial score (nSPS) is 15.2. The average Bonchev–Trinajstić information content (AvgIpc) is 3.49. The van der Waals surface area contributed by atoms with Gasteiger partial charge in [-0.25, -0.2) is 9.78 Å². The lowest BCUT2D eigenvalue weighted by atomic mass is 9.87. The SMILES string of the molecule is Cc1nn(C)c2nc(-c3ccco3)cc(C(=O)OCC(=O)N(C)[C@H]3CCCc4ccccc43)c12. The second kappa shape index (κ2) is 8.78. The van der Waals surface area contributed by atoms with Gasteiger partial charge in [0, 0.05) is 14.1 Å². The molecular formula is C26H26N4O4. The number of ether oxygens (including phenoxy) is 1. The number of aromatic nitrogens is 3. The average molecular weight is 459 g/mol. The third kappa shape index (κ3) is 3.85. The van der Waals surface area contributed by atoms with Crippen LogP contribution >= 0.6 is 0 Å². The van der Waals surface area contributed by atoms with E-state index in [1.54, 1.807) is 48.1 Å². The van der Waals surface area contributed by atoms with Gasteiger partial charge < -0.3 is 14.1 Å². The lowest BCUT2D eigenvalue weighted by Gasteiger charge is -2.33. The molecule has 0 radical (unpaired) electrons. The number of hydrogen-bond acceptors (Lipinski definition) is 6. The molecule has 0 fully saturated rings. The topological polar surface area (TPSA) is 90.5 Å². The van der Waals surface area contributed by atoms with Crippen molar-refractivity contribution in [3.05, 3.63) is 71.1 Å². The summed E-state index contributed by atoms with van der Waals surface area (Å²) in [7, 11) is 3.54. The van der Waals surface area contributed by atoms with E-state index in [9.17, 15) is 9.59 Å². The number of furan rings is 1. The van der Waals surface area contributed by atoms with Gasteiger partial charge in [-0.1, -0.05) is 24.3 Å². The standard InChI is InChI=1S/C26H26N4O4/c1-16-24-19(14-20(22-12-7-13-33-22)27-25(24)30(3)28-16)26(32)34-15-23(31)29(2)21-11-6-9-17-8-4-5-10-18(17)21/h4-5,7-8,10,12-14,21H,6,9,11,15H2,1-3H3/t21-/m0/s1. The zero-order valence-electron chi connectivity index (χ0n) is 19.4. The number of likely N-dealkylation sites (N-methyl/N-ethyl adjacent to an activating group) is 1. The maximum atomic E-state index is 13.2. The summed E-state index contributed by atoms with van der Waals surface area (Å²) >= 11 is 0. The van der Waals surface area contributed by atoms with Gasteiger partial charge in [0.15, 0.2) is 18.0 Å². The molecule has 3 heterocycles. The van der Waals surface area contributed by atoms with Crippen molar-refractivity contribution in [3.63, 3.8) is 0 Å². The van der Waals surface area contributed by atoms with Crippen LogP contribution in [0.3, 0.4) is 0 Å². The Morgan fingerprint density at radius 1 is 1.24 bits per heavy atom. The van der Waals surface area contributed by atoms with Gasteiger partial charge in [-0.05, 0) is 55.5 Å². The molecule has 1 aliphatic carbocycles. The van der Waals surface area contributed by atoms with Crippen molar-refractivity contribution in [3.8, 4) is 11.5 Å². The van der Waals surface area contributed by atoms with Crippen LogP contribution in [0.25, 0.3) is 22.5 Å². The second-order valence-corrected chi connectivity index (χ2v) is 8.63. The number of hydrogen-bond donors (Lipinski definition) is 0. The van der Waals surface area contributed by atoms with Crippen LogP contribution in [0.2, 0.25) is 0 Å². The molecule has 0 saturated carbocycles. The van der Waals surface area contributed by atoms with Crippen LogP contribution in [0.4, 0.5) is 0 Å². The largest absolute Gasteiger partial charge is 0.463 e. The number of pyridine rings is 1. The van der Waals surface area contributed by atoms with E-state index in [-0.39, 0.29) is 18.6 Å². The molecule has 1 aromatic carbocycles. The highest BCUT2D eigenvalue weighted by atomic mass is 16.5. The first-order chi connectivity index (χ1) is 16.4. The number of amides is 1. The summed E-state index contributed by atoms with van der Waals surface area (Å²) < 4.78 is 12.6. The summed E-state index contributed by atoms with van der Waals surface area (Å²) in [5.41, 5.74) is 4.44. The number of rotatable bonds is 5. The monoisotopic (exact) mass is 458 g/mol. The van der Waals surface area contributed by atoms with E-state index < -0.39 is 5.97 Å². The van der Waals surface area contributed by atoms with Crippen LogP contribution in [0.1, 0.15) is 46.1 Å². The molecule has 0 N–H and O–H groups in total. The van der Waals surface area contributed by atoms with Gasteiger partial charge >= 0.3 is 5.97 Å². The summed E-state index contributed by atoms with van der Waals surface area (Å²) in [4.78, 5) is 32.4. The number of benzene rings is 1. The third-order valence-electron chi connectivity index (χ3n) is 6.49. The second-order valence-electron chi connectivity index (χ2n) is 8.63. The first-order valence-corrected chi connectivity index (χ1v) is 11.3. The maximum absolute atomic E-state index is 13.2. The highest BCUT2D eigenvalue weighted by Gasteiger charge is 2.28. The molecular weight excluding hydrogens is 432 g/mol. The Morgan fingerprint density at radius 3 is 2.85 bits per heavy atom. The fraction of sp³-hybridized carbons (Fsp3) is 0.308. The minimum atomic E-state index is -0.595. The van der Waals surface area contributed by atoms with Crippen molar-refractivity contribution in [1.29, 1.82) is 0 Å². The molecule has 8 heteroatoms. The van der Waals surface area contributed by atoms with Crippen molar-refractivity contribution >= 4 is 22.9 Å². The molecule has 0 bridgehead atoms. The lowest BCUT2D eigenvalue weighted by Crippen LogP contribution is -2.36. The molecule has 1 aliphatic rings. The molecule has 0 aliphatic heterocycles. The van der Waals surface area contributed by atoms with E-state index in [0.29, 0.717) is 33.7 Å². The van der Waals surface area contributed by atoms with Gasteiger partial charge in [-0.15, -0.1) is 0 Å². The predicted molar refractivity (Wildman–Crippen MR) is 126 cm³/mol. The van der Waals surface area contributed by atoms with E-state index in [2.05, 4.69) is 22.2 Å². The van der Waals surface area contributed by atoms with Crippen LogP contribution in [0.15, 0.2) is 53.1 Å². The van der Waals surface area contributed by atoms with Gasteiger partial charge in [-0.3, -0.25) is 9.48 Å². The Hall–Kier alpha value is -3.94. The molecule has 5 rings (SSSR count). The number of fused-ring (bicyclic) bond motifs is 2. The molecule has 8 nitrogen and oxygen atoms in total. The molecule has 174 valence electrons. The van der Waals surface area contributed by atoms with Gasteiger partial charge in [0.2, 0.25) is 0 Å². The maximum Gasteiger partial charge on any atom is 0.339 e. The van der Waals surface area contributed by atoms with Crippen molar-refractivity contribution < 1.29 is 18.7 Å². The highest BCUT2D eigenvalue weighted by molar-refractivity contribution is 6.05.